The molecule has 0 spiro atoms. The maximum absolute atomic E-state index is 12.4. The number of pyridine rings is 1. The fourth-order valence-corrected chi connectivity index (χ4v) is 2.53. The Morgan fingerprint density at radius 2 is 1.86 bits per heavy atom. The molecule has 0 radical (unpaired) electrons. The van der Waals surface area contributed by atoms with Crippen LogP contribution in [0.5, 0.6) is 0 Å². The number of hydrogen-bond acceptors (Lipinski definition) is 1. The molecule has 1 amide bonds. The number of fused-ring (bicyclic) bond motifs is 1. The van der Waals surface area contributed by atoms with E-state index in [4.69, 9.17) is 0 Å². The standard InChI is InChI=1S/C19H18N2O/c1-3-14-7-9-15(10-8-14)19(22)20-18-6-4-5-16-13-21(2)12-11-17(16)18/h4-13H,3H2,1-2H3/p+1. The second-order valence-corrected chi connectivity index (χ2v) is 5.42. The van der Waals surface area contributed by atoms with Gasteiger partial charge < -0.3 is 5.32 Å². The highest BCUT2D eigenvalue weighted by atomic mass is 16.1. The second kappa shape index (κ2) is 5.98. The number of hydrogen-bond donors (Lipinski definition) is 1. The maximum atomic E-state index is 12.4. The van der Waals surface area contributed by atoms with Crippen molar-refractivity contribution in [2.45, 2.75) is 13.3 Å². The van der Waals surface area contributed by atoms with Crippen LogP contribution in [0.15, 0.2) is 60.9 Å². The number of rotatable bonds is 3. The van der Waals surface area contributed by atoms with Gasteiger partial charge in [0.05, 0.1) is 0 Å². The van der Waals surface area contributed by atoms with Crippen LogP contribution in [-0.4, -0.2) is 5.91 Å². The monoisotopic (exact) mass is 291 g/mol. The van der Waals surface area contributed by atoms with Crippen molar-refractivity contribution in [3.05, 3.63) is 72.1 Å². The molecule has 0 saturated heterocycles. The van der Waals surface area contributed by atoms with Crippen molar-refractivity contribution in [3.8, 4) is 0 Å². The zero-order valence-corrected chi connectivity index (χ0v) is 12.8. The molecule has 0 bridgehead atoms. The molecule has 3 heteroatoms. The van der Waals surface area contributed by atoms with Crippen molar-refractivity contribution in [3.63, 3.8) is 0 Å². The highest BCUT2D eigenvalue weighted by Gasteiger charge is 2.09. The van der Waals surface area contributed by atoms with Crippen LogP contribution in [0.2, 0.25) is 0 Å². The van der Waals surface area contributed by atoms with E-state index in [2.05, 4.69) is 12.2 Å². The average molecular weight is 291 g/mol. The van der Waals surface area contributed by atoms with Crippen molar-refractivity contribution in [1.29, 1.82) is 0 Å². The summed E-state index contributed by atoms with van der Waals surface area (Å²) in [6.07, 6.45) is 5.00. The molecule has 0 fully saturated rings. The Morgan fingerprint density at radius 3 is 2.59 bits per heavy atom. The number of amides is 1. The van der Waals surface area contributed by atoms with Gasteiger partial charge in [-0.2, -0.15) is 0 Å². The molecule has 0 aliphatic heterocycles. The molecule has 0 saturated carbocycles. The highest BCUT2D eigenvalue weighted by molar-refractivity contribution is 6.08. The molecule has 0 aliphatic rings. The molecule has 3 rings (SSSR count). The summed E-state index contributed by atoms with van der Waals surface area (Å²) in [6, 6.07) is 15.7. The smallest absolute Gasteiger partial charge is 0.255 e. The Kier molecular flexibility index (Phi) is 3.88. The lowest BCUT2D eigenvalue weighted by atomic mass is 10.1. The van der Waals surface area contributed by atoms with Crippen molar-refractivity contribution in [2.75, 3.05) is 5.32 Å². The zero-order valence-electron chi connectivity index (χ0n) is 12.8. The fraction of sp³-hybridized carbons (Fsp3) is 0.158. The quantitative estimate of drug-likeness (QED) is 0.736. The molecule has 22 heavy (non-hydrogen) atoms. The van der Waals surface area contributed by atoms with Gasteiger partial charge in [0.2, 0.25) is 0 Å². The van der Waals surface area contributed by atoms with E-state index in [9.17, 15) is 4.79 Å². The highest BCUT2D eigenvalue weighted by Crippen LogP contribution is 2.22. The van der Waals surface area contributed by atoms with Gasteiger partial charge in [-0.25, -0.2) is 4.57 Å². The predicted molar refractivity (Wildman–Crippen MR) is 88.9 cm³/mol. The SMILES string of the molecule is CCc1ccc(C(=O)Nc2cccc3c[n+](C)ccc23)cc1. The molecule has 0 unspecified atom stereocenters. The van der Waals surface area contributed by atoms with Gasteiger partial charge in [-0.3, -0.25) is 4.79 Å². The minimum atomic E-state index is -0.0802. The Hall–Kier alpha value is -2.68. The van der Waals surface area contributed by atoms with Gasteiger partial charge in [0.25, 0.3) is 5.91 Å². The summed E-state index contributed by atoms with van der Waals surface area (Å²) in [7, 11) is 1.99. The van der Waals surface area contributed by atoms with Crippen LogP contribution in [0.4, 0.5) is 5.69 Å². The first kappa shape index (κ1) is 14.3. The first-order valence-corrected chi connectivity index (χ1v) is 7.45. The molecular formula is C19H19N2O+. The average Bonchev–Trinajstić information content (AvgIpc) is 2.55. The molecule has 0 aliphatic carbocycles. The normalized spacial score (nSPS) is 10.6. The number of anilines is 1. The Balaban J connectivity index is 1.90. The molecule has 3 nitrogen and oxygen atoms in total. The van der Waals surface area contributed by atoms with Crippen LogP contribution < -0.4 is 9.88 Å². The van der Waals surface area contributed by atoms with E-state index in [1.165, 1.54) is 5.56 Å². The van der Waals surface area contributed by atoms with Gasteiger partial charge in [-0.05, 0) is 36.2 Å². The third-order valence-corrected chi connectivity index (χ3v) is 3.83. The summed E-state index contributed by atoms with van der Waals surface area (Å²) in [5.41, 5.74) is 2.74. The number of nitrogens with zero attached hydrogens (tertiary/aromatic N) is 1. The zero-order chi connectivity index (χ0) is 15.5. The molecule has 1 N–H and O–H groups in total. The molecule has 3 aromatic rings. The number of nitrogens with one attached hydrogen (secondary N) is 1. The Labute approximate surface area is 130 Å². The van der Waals surface area contributed by atoms with E-state index in [1.54, 1.807) is 0 Å². The Bertz CT molecular complexity index is 822. The molecular weight excluding hydrogens is 272 g/mol. The number of aryl methyl sites for hydroxylation is 2. The minimum Gasteiger partial charge on any atom is -0.321 e. The topological polar surface area (TPSA) is 33.0 Å². The van der Waals surface area contributed by atoms with Crippen LogP contribution >= 0.6 is 0 Å². The van der Waals surface area contributed by atoms with Gasteiger partial charge in [-0.1, -0.05) is 25.1 Å². The van der Waals surface area contributed by atoms with Crippen molar-refractivity contribution < 1.29 is 9.36 Å². The number of carbonyl (C=O) groups excluding carboxylic acids is 1. The lowest BCUT2D eigenvalue weighted by molar-refractivity contribution is -0.670. The van der Waals surface area contributed by atoms with Crippen molar-refractivity contribution in [2.24, 2.45) is 7.05 Å². The minimum absolute atomic E-state index is 0.0802. The number of aromatic nitrogens is 1. The lowest BCUT2D eigenvalue weighted by Gasteiger charge is -2.08. The second-order valence-electron chi connectivity index (χ2n) is 5.42. The van der Waals surface area contributed by atoms with E-state index >= 15 is 0 Å². The molecule has 110 valence electrons. The summed E-state index contributed by atoms with van der Waals surface area (Å²) >= 11 is 0. The summed E-state index contributed by atoms with van der Waals surface area (Å²) in [5.74, 6) is -0.0802. The van der Waals surface area contributed by atoms with Crippen LogP contribution in [0.25, 0.3) is 10.8 Å². The van der Waals surface area contributed by atoms with E-state index in [0.29, 0.717) is 5.56 Å². The van der Waals surface area contributed by atoms with Gasteiger partial charge in [0.1, 0.15) is 7.05 Å². The van der Waals surface area contributed by atoms with Crippen LogP contribution in [-0.2, 0) is 13.5 Å². The lowest BCUT2D eigenvalue weighted by Crippen LogP contribution is -2.26. The molecule has 0 atom stereocenters. The summed E-state index contributed by atoms with van der Waals surface area (Å²) in [6.45, 7) is 2.10. The summed E-state index contributed by atoms with van der Waals surface area (Å²) in [4.78, 5) is 12.4. The molecule has 1 aromatic heterocycles. The molecule has 2 aromatic carbocycles. The van der Waals surface area contributed by atoms with Gasteiger partial charge in [0.15, 0.2) is 12.4 Å². The van der Waals surface area contributed by atoms with E-state index in [1.807, 2.05) is 72.5 Å². The first-order chi connectivity index (χ1) is 10.7. The fourth-order valence-electron chi connectivity index (χ4n) is 2.53. The predicted octanol–water partition coefficient (Wildman–Crippen LogP) is 3.48. The largest absolute Gasteiger partial charge is 0.321 e. The summed E-state index contributed by atoms with van der Waals surface area (Å²) in [5, 5.41) is 5.15. The van der Waals surface area contributed by atoms with Gasteiger partial charge in [0, 0.05) is 28.1 Å². The molecule has 1 heterocycles. The van der Waals surface area contributed by atoms with E-state index in [0.717, 1.165) is 22.9 Å². The van der Waals surface area contributed by atoms with E-state index in [-0.39, 0.29) is 5.91 Å². The van der Waals surface area contributed by atoms with Crippen LogP contribution in [0, 0.1) is 0 Å². The van der Waals surface area contributed by atoms with Crippen molar-refractivity contribution in [1.82, 2.24) is 0 Å². The van der Waals surface area contributed by atoms with Crippen LogP contribution in [0.1, 0.15) is 22.8 Å². The number of benzene rings is 2. The third-order valence-electron chi connectivity index (χ3n) is 3.83. The Morgan fingerprint density at radius 1 is 1.09 bits per heavy atom. The maximum Gasteiger partial charge on any atom is 0.255 e. The van der Waals surface area contributed by atoms with Gasteiger partial charge >= 0.3 is 0 Å². The summed E-state index contributed by atoms with van der Waals surface area (Å²) < 4.78 is 2.00. The van der Waals surface area contributed by atoms with Crippen LogP contribution in [0.3, 0.4) is 0 Å². The third kappa shape index (κ3) is 2.84. The van der Waals surface area contributed by atoms with Crippen molar-refractivity contribution >= 4 is 22.4 Å². The number of carbonyl (C=O) groups is 1. The van der Waals surface area contributed by atoms with Gasteiger partial charge in [-0.15, -0.1) is 0 Å². The first-order valence-electron chi connectivity index (χ1n) is 7.45. The van der Waals surface area contributed by atoms with E-state index < -0.39 is 0 Å².